The summed E-state index contributed by atoms with van der Waals surface area (Å²) in [6.07, 6.45) is -0.230. The molecule has 2 aromatic rings. The fourth-order valence-electron chi connectivity index (χ4n) is 1.50. The maximum absolute atomic E-state index is 10.2. The smallest absolute Gasteiger partial charge is 0.307 e. The van der Waals surface area contributed by atoms with Crippen molar-refractivity contribution in [1.82, 2.24) is 0 Å². The van der Waals surface area contributed by atoms with Crippen LogP contribution in [0.2, 0.25) is 0 Å². The highest BCUT2D eigenvalue weighted by Crippen LogP contribution is 2.09. The number of aliphatic hydroxyl groups is 1. The number of benzene rings is 2. The zero-order valence-electron chi connectivity index (χ0n) is 10.9. The first-order valence-electron chi connectivity index (χ1n) is 6.08. The zero-order valence-corrected chi connectivity index (χ0v) is 10.9. The number of aliphatic carboxylic acids is 1. The van der Waals surface area contributed by atoms with Crippen LogP contribution in [0.5, 0.6) is 0 Å². The van der Waals surface area contributed by atoms with Gasteiger partial charge in [0.1, 0.15) is 0 Å². The van der Waals surface area contributed by atoms with E-state index in [2.05, 4.69) is 0 Å². The minimum Gasteiger partial charge on any atom is -0.481 e. The van der Waals surface area contributed by atoms with Crippen molar-refractivity contribution >= 4 is 5.97 Å². The Bertz CT molecular complexity index is 478. The Hall–Kier alpha value is -2.13. The first-order chi connectivity index (χ1) is 9.09. The molecule has 0 aliphatic rings. The molecule has 2 N–H and O–H groups in total. The molecular weight excluding hydrogens is 240 g/mol. The van der Waals surface area contributed by atoms with Gasteiger partial charge in [-0.1, -0.05) is 60.7 Å². The summed E-state index contributed by atoms with van der Waals surface area (Å²) in [6, 6.07) is 18.7. The van der Waals surface area contributed by atoms with Gasteiger partial charge >= 0.3 is 5.97 Å². The van der Waals surface area contributed by atoms with Crippen LogP contribution in [0, 0.1) is 0 Å². The summed E-state index contributed by atoms with van der Waals surface area (Å²) in [4.78, 5) is 10.2. The van der Waals surface area contributed by atoms with Gasteiger partial charge in [-0.2, -0.15) is 0 Å². The lowest BCUT2D eigenvalue weighted by Crippen LogP contribution is -1.98. The van der Waals surface area contributed by atoms with Crippen molar-refractivity contribution in [1.29, 1.82) is 0 Å². The molecule has 0 radical (unpaired) electrons. The molecule has 100 valence electrons. The molecule has 3 nitrogen and oxygen atoms in total. The van der Waals surface area contributed by atoms with E-state index in [9.17, 15) is 4.79 Å². The molecular formula is C16H18O3. The second kappa shape index (κ2) is 8.06. The molecule has 0 heterocycles. The van der Waals surface area contributed by atoms with Gasteiger partial charge in [-0.05, 0) is 18.1 Å². The SMILES string of the molecule is CC(O)c1ccccc1.O=C(O)Cc1ccccc1. The van der Waals surface area contributed by atoms with Gasteiger partial charge in [-0.15, -0.1) is 0 Å². The molecule has 1 atom stereocenters. The van der Waals surface area contributed by atoms with Crippen LogP contribution >= 0.6 is 0 Å². The molecule has 0 aromatic heterocycles. The molecule has 3 heteroatoms. The van der Waals surface area contributed by atoms with Crippen molar-refractivity contribution in [2.75, 3.05) is 0 Å². The molecule has 0 aliphatic carbocycles. The lowest BCUT2D eigenvalue weighted by molar-refractivity contribution is -0.136. The van der Waals surface area contributed by atoms with Gasteiger partial charge in [0, 0.05) is 0 Å². The van der Waals surface area contributed by atoms with E-state index >= 15 is 0 Å². The zero-order chi connectivity index (χ0) is 14.1. The maximum Gasteiger partial charge on any atom is 0.307 e. The Morgan fingerprint density at radius 2 is 1.47 bits per heavy atom. The molecule has 2 aromatic carbocycles. The van der Waals surface area contributed by atoms with Crippen molar-refractivity contribution in [3.8, 4) is 0 Å². The van der Waals surface area contributed by atoms with E-state index in [1.165, 1.54) is 0 Å². The maximum atomic E-state index is 10.2. The topological polar surface area (TPSA) is 57.5 Å². The lowest BCUT2D eigenvalue weighted by Gasteiger charge is -2.00. The van der Waals surface area contributed by atoms with E-state index in [-0.39, 0.29) is 12.5 Å². The first-order valence-corrected chi connectivity index (χ1v) is 6.08. The summed E-state index contributed by atoms with van der Waals surface area (Å²) in [7, 11) is 0. The summed E-state index contributed by atoms with van der Waals surface area (Å²) >= 11 is 0. The van der Waals surface area contributed by atoms with Crippen molar-refractivity contribution in [2.24, 2.45) is 0 Å². The molecule has 0 amide bonds. The van der Waals surface area contributed by atoms with E-state index in [4.69, 9.17) is 10.2 Å². The molecule has 0 aliphatic heterocycles. The van der Waals surface area contributed by atoms with E-state index in [1.54, 1.807) is 19.1 Å². The average Bonchev–Trinajstić information content (AvgIpc) is 2.41. The summed E-state index contributed by atoms with van der Waals surface area (Å²) in [5.41, 5.74) is 1.81. The Morgan fingerprint density at radius 3 is 1.84 bits per heavy atom. The van der Waals surface area contributed by atoms with Gasteiger partial charge in [0.15, 0.2) is 0 Å². The average molecular weight is 258 g/mol. The van der Waals surface area contributed by atoms with E-state index < -0.39 is 5.97 Å². The highest BCUT2D eigenvalue weighted by molar-refractivity contribution is 5.70. The minimum absolute atomic E-state index is 0.112. The molecule has 0 spiro atoms. The van der Waals surface area contributed by atoms with E-state index in [0.717, 1.165) is 11.1 Å². The lowest BCUT2D eigenvalue weighted by atomic mass is 10.1. The fourth-order valence-corrected chi connectivity index (χ4v) is 1.50. The second-order valence-corrected chi connectivity index (χ2v) is 4.14. The molecule has 0 fully saturated rings. The normalized spacial score (nSPS) is 11.1. The summed E-state index contributed by atoms with van der Waals surface area (Å²) < 4.78 is 0. The Morgan fingerprint density at radius 1 is 1.00 bits per heavy atom. The van der Waals surface area contributed by atoms with Gasteiger partial charge < -0.3 is 10.2 Å². The van der Waals surface area contributed by atoms with Crippen molar-refractivity contribution in [2.45, 2.75) is 19.4 Å². The highest BCUT2D eigenvalue weighted by Gasteiger charge is 1.96. The molecule has 0 saturated heterocycles. The van der Waals surface area contributed by atoms with Crippen LogP contribution in [0.4, 0.5) is 0 Å². The van der Waals surface area contributed by atoms with Gasteiger partial charge in [0.05, 0.1) is 12.5 Å². The fraction of sp³-hybridized carbons (Fsp3) is 0.188. The number of aliphatic hydroxyl groups excluding tert-OH is 1. The van der Waals surface area contributed by atoms with Crippen molar-refractivity contribution in [3.63, 3.8) is 0 Å². The van der Waals surface area contributed by atoms with Gasteiger partial charge in [0.25, 0.3) is 0 Å². The van der Waals surface area contributed by atoms with Gasteiger partial charge in [-0.3, -0.25) is 4.79 Å². The van der Waals surface area contributed by atoms with Crippen molar-refractivity contribution in [3.05, 3.63) is 71.8 Å². The quantitative estimate of drug-likeness (QED) is 0.889. The van der Waals surface area contributed by atoms with Crippen LogP contribution in [-0.4, -0.2) is 16.2 Å². The van der Waals surface area contributed by atoms with Crippen LogP contribution in [0.1, 0.15) is 24.2 Å². The summed E-state index contributed by atoms with van der Waals surface area (Å²) in [6.45, 7) is 1.76. The number of hydrogen-bond donors (Lipinski definition) is 2. The molecule has 0 bridgehead atoms. The van der Waals surface area contributed by atoms with Crippen LogP contribution < -0.4 is 0 Å². The molecule has 2 rings (SSSR count). The number of hydrogen-bond acceptors (Lipinski definition) is 2. The minimum atomic E-state index is -0.786. The van der Waals surface area contributed by atoms with Crippen molar-refractivity contribution < 1.29 is 15.0 Å². The largest absolute Gasteiger partial charge is 0.481 e. The first kappa shape index (κ1) is 14.9. The number of carbonyl (C=O) groups is 1. The third-order valence-corrected chi connectivity index (χ3v) is 2.48. The third-order valence-electron chi connectivity index (χ3n) is 2.48. The Labute approximate surface area is 113 Å². The molecule has 0 saturated carbocycles. The van der Waals surface area contributed by atoms with E-state index in [0.29, 0.717) is 0 Å². The van der Waals surface area contributed by atoms with Crippen LogP contribution in [0.25, 0.3) is 0 Å². The second-order valence-electron chi connectivity index (χ2n) is 4.14. The molecule has 19 heavy (non-hydrogen) atoms. The number of carboxylic acids is 1. The van der Waals surface area contributed by atoms with Crippen LogP contribution in [-0.2, 0) is 11.2 Å². The molecule has 1 unspecified atom stereocenters. The Balaban J connectivity index is 0.000000191. The van der Waals surface area contributed by atoms with Gasteiger partial charge in [0.2, 0.25) is 0 Å². The monoisotopic (exact) mass is 258 g/mol. The third kappa shape index (κ3) is 6.38. The Kier molecular flexibility index (Phi) is 6.33. The highest BCUT2D eigenvalue weighted by atomic mass is 16.4. The van der Waals surface area contributed by atoms with Gasteiger partial charge in [-0.25, -0.2) is 0 Å². The summed E-state index contributed by atoms with van der Waals surface area (Å²) in [5, 5.41) is 17.4. The predicted molar refractivity (Wildman–Crippen MR) is 74.9 cm³/mol. The van der Waals surface area contributed by atoms with Crippen LogP contribution in [0.3, 0.4) is 0 Å². The van der Waals surface area contributed by atoms with Crippen LogP contribution in [0.15, 0.2) is 60.7 Å². The predicted octanol–water partition coefficient (Wildman–Crippen LogP) is 3.05. The van der Waals surface area contributed by atoms with E-state index in [1.807, 2.05) is 48.5 Å². The standard InChI is InChI=1S/C8H8O2.C8H10O/c9-8(10)6-7-4-2-1-3-5-7;1-7(9)8-5-3-2-4-6-8/h1-5H,6H2,(H,9,10);2-7,9H,1H3. The number of carboxylic acid groups (broad SMARTS) is 1. The number of rotatable bonds is 3. The summed E-state index contributed by atoms with van der Waals surface area (Å²) in [5.74, 6) is -0.786.